The summed E-state index contributed by atoms with van der Waals surface area (Å²) in [5, 5.41) is 0. The molecule has 2 aromatic carbocycles. The molecule has 0 aliphatic carbocycles. The van der Waals surface area contributed by atoms with E-state index in [1.54, 1.807) is 18.7 Å². The number of halogens is 1. The van der Waals surface area contributed by atoms with E-state index in [0.29, 0.717) is 0 Å². The van der Waals surface area contributed by atoms with Gasteiger partial charge in [0.05, 0.1) is 0 Å². The van der Waals surface area contributed by atoms with Gasteiger partial charge in [0.2, 0.25) is 0 Å². The molecule has 0 amide bonds. The molecule has 0 saturated carbocycles. The second-order valence-electron chi connectivity index (χ2n) is 5.14. The Bertz CT molecular complexity index is 542. The average molecular weight is 396 g/mol. The van der Waals surface area contributed by atoms with Gasteiger partial charge in [-0.1, -0.05) is 78.7 Å². The fraction of sp³-hybridized carbons (Fsp3) is 0.250. The van der Waals surface area contributed by atoms with E-state index in [0.717, 1.165) is 0 Å². The van der Waals surface area contributed by atoms with Crippen LogP contribution in [0, 0.1) is 0 Å². The van der Waals surface area contributed by atoms with Crippen LogP contribution in [0.15, 0.2) is 59.5 Å². The fourth-order valence-electron chi connectivity index (χ4n) is 2.13. The Morgan fingerprint density at radius 2 is 1.50 bits per heavy atom. The number of hydrogen-bond acceptors (Lipinski definition) is 2. The first kappa shape index (κ1) is 15.9. The Morgan fingerprint density at radius 3 is 2.05 bits per heavy atom. The molecule has 0 aliphatic rings. The molecule has 0 aliphatic heterocycles. The smallest absolute Gasteiger partial charge is 0.420 e. The van der Waals surface area contributed by atoms with Crippen molar-refractivity contribution in [2.45, 2.75) is 24.2 Å². The summed E-state index contributed by atoms with van der Waals surface area (Å²) in [5.41, 5.74) is 2.69. The molecule has 2 rings (SSSR count). The van der Waals surface area contributed by atoms with Crippen molar-refractivity contribution in [1.82, 2.24) is 0 Å². The van der Waals surface area contributed by atoms with Crippen molar-refractivity contribution in [2.24, 2.45) is 0 Å². The van der Waals surface area contributed by atoms with E-state index in [2.05, 4.69) is 90.8 Å². The molecule has 0 radical (unpaired) electrons. The molecule has 0 bridgehead atoms. The molecule has 0 aromatic heterocycles. The quantitative estimate of drug-likeness (QED) is 0.510. The van der Waals surface area contributed by atoms with Crippen LogP contribution < -0.4 is 0 Å². The predicted octanol–water partition coefficient (Wildman–Crippen LogP) is 5.17. The normalized spacial score (nSPS) is 11.4. The molecule has 0 saturated heterocycles. The van der Waals surface area contributed by atoms with E-state index < -0.39 is 0 Å². The molecule has 0 spiro atoms. The summed E-state index contributed by atoms with van der Waals surface area (Å²) < 4.78 is 5.42. The Labute approximate surface area is 139 Å². The topological polar surface area (TPSA) is 9.23 Å². The van der Waals surface area contributed by atoms with Gasteiger partial charge in [-0.25, -0.2) is 0 Å². The highest BCUT2D eigenvalue weighted by Crippen LogP contribution is 2.33. The third-order valence-electron chi connectivity index (χ3n) is 3.49. The van der Waals surface area contributed by atoms with Gasteiger partial charge in [0.1, 0.15) is 0 Å². The number of benzene rings is 2. The molecular weight excluding hydrogens is 378 g/mol. The van der Waals surface area contributed by atoms with Crippen LogP contribution in [-0.2, 0) is 10.1 Å². The summed E-state index contributed by atoms with van der Waals surface area (Å²) in [7, 11) is 1.73. The van der Waals surface area contributed by atoms with E-state index >= 15 is 0 Å². The van der Waals surface area contributed by atoms with Crippen molar-refractivity contribution < 1.29 is 4.65 Å². The molecule has 4 heteroatoms. The van der Waals surface area contributed by atoms with E-state index in [-0.39, 0.29) is 9.47 Å². The molecule has 0 fully saturated rings. The van der Waals surface area contributed by atoms with Crippen molar-refractivity contribution in [3.63, 3.8) is 0 Å². The summed E-state index contributed by atoms with van der Waals surface area (Å²) in [6, 6.07) is 19.4. The van der Waals surface area contributed by atoms with Gasteiger partial charge >= 0.3 is 4.05 Å². The summed E-state index contributed by atoms with van der Waals surface area (Å²) in [6.45, 7) is 4.53. The highest BCUT2D eigenvalue weighted by atomic mass is 127. The Hall–Kier alpha value is -0.455. The second kappa shape index (κ2) is 7.01. The Balaban J connectivity index is 2.21. The first-order valence-corrected chi connectivity index (χ1v) is 8.66. The van der Waals surface area contributed by atoms with Crippen molar-refractivity contribution in [1.29, 1.82) is 0 Å². The number of hydrogen-bond donors (Lipinski definition) is 0. The van der Waals surface area contributed by atoms with Crippen LogP contribution >= 0.6 is 34.0 Å². The summed E-state index contributed by atoms with van der Waals surface area (Å²) in [4.78, 5) is 1.24. The highest BCUT2D eigenvalue weighted by Gasteiger charge is 2.22. The molecule has 104 valence electrons. The molecule has 0 heterocycles. The zero-order chi connectivity index (χ0) is 14.6. The maximum absolute atomic E-state index is 5.27. The van der Waals surface area contributed by atoms with E-state index in [1.807, 2.05) is 0 Å². The summed E-state index contributed by atoms with van der Waals surface area (Å²) >= 11 is 4.01. The van der Waals surface area contributed by atoms with Gasteiger partial charge in [-0.3, -0.25) is 0 Å². The van der Waals surface area contributed by atoms with Gasteiger partial charge in [0.25, 0.3) is 0 Å². The maximum atomic E-state index is 5.27. The Morgan fingerprint density at radius 1 is 0.950 bits per heavy atom. The minimum atomic E-state index is 0.0233. The predicted molar refractivity (Wildman–Crippen MR) is 97.7 cm³/mol. The van der Waals surface area contributed by atoms with Crippen molar-refractivity contribution in [3.8, 4) is 0 Å². The van der Waals surface area contributed by atoms with Crippen molar-refractivity contribution >= 4 is 38.0 Å². The molecular formula is C16H18BIOS. The summed E-state index contributed by atoms with van der Waals surface area (Å²) in [6.07, 6.45) is 0. The zero-order valence-corrected chi connectivity index (χ0v) is 14.9. The van der Waals surface area contributed by atoms with Crippen LogP contribution in [0.3, 0.4) is 0 Å². The average Bonchev–Trinajstić information content (AvgIpc) is 2.48. The van der Waals surface area contributed by atoms with Crippen molar-refractivity contribution in [3.05, 3.63) is 65.7 Å². The molecule has 0 N–H and O–H groups in total. The lowest BCUT2D eigenvalue weighted by Crippen LogP contribution is -2.18. The summed E-state index contributed by atoms with van der Waals surface area (Å²) in [5.74, 6) is 0. The van der Waals surface area contributed by atoms with Crippen LogP contribution in [0.25, 0.3) is 0 Å². The third kappa shape index (κ3) is 3.80. The van der Waals surface area contributed by atoms with Crippen LogP contribution in [0.2, 0.25) is 0 Å². The largest absolute Gasteiger partial charge is 0.439 e. The van der Waals surface area contributed by atoms with E-state index in [4.69, 9.17) is 4.65 Å². The van der Waals surface area contributed by atoms with Gasteiger partial charge in [0.15, 0.2) is 0 Å². The van der Waals surface area contributed by atoms with E-state index in [1.165, 1.54) is 16.0 Å². The Kier molecular flexibility index (Phi) is 5.58. The maximum Gasteiger partial charge on any atom is 0.439 e. The van der Waals surface area contributed by atoms with Crippen LogP contribution in [0.4, 0.5) is 0 Å². The molecule has 0 unspecified atom stereocenters. The van der Waals surface area contributed by atoms with Gasteiger partial charge in [0, 0.05) is 17.4 Å². The van der Waals surface area contributed by atoms with Crippen LogP contribution in [0.5, 0.6) is 0 Å². The second-order valence-corrected chi connectivity index (χ2v) is 8.26. The van der Waals surface area contributed by atoms with Crippen molar-refractivity contribution in [2.75, 3.05) is 7.11 Å². The van der Waals surface area contributed by atoms with Crippen LogP contribution in [0.1, 0.15) is 25.0 Å². The molecule has 2 aromatic rings. The monoisotopic (exact) mass is 396 g/mol. The van der Waals surface area contributed by atoms with Gasteiger partial charge in [-0.15, -0.1) is 11.6 Å². The SMILES string of the molecule is COB(I)Sc1ccc(C(C)(C)c2ccccc2)cc1. The lowest BCUT2D eigenvalue weighted by atomic mass is 9.78. The fourth-order valence-corrected chi connectivity index (χ4v) is 3.61. The van der Waals surface area contributed by atoms with E-state index in [9.17, 15) is 0 Å². The third-order valence-corrected chi connectivity index (χ3v) is 5.68. The standard InChI is InChI=1S/C16H18BIOS/c1-16(2,13-7-5-4-6-8-13)14-9-11-15(12-10-14)20-17(18)19-3/h4-12H,1-3H3. The van der Waals surface area contributed by atoms with Gasteiger partial charge in [-0.05, 0) is 23.3 Å². The van der Waals surface area contributed by atoms with Crippen LogP contribution in [-0.4, -0.2) is 11.2 Å². The lowest BCUT2D eigenvalue weighted by molar-refractivity contribution is 0.453. The molecule has 20 heavy (non-hydrogen) atoms. The molecule has 0 atom stereocenters. The minimum absolute atomic E-state index is 0.0233. The minimum Gasteiger partial charge on any atom is -0.420 e. The molecule has 1 nitrogen and oxygen atoms in total. The number of rotatable bonds is 5. The first-order valence-electron chi connectivity index (χ1n) is 6.53. The lowest BCUT2D eigenvalue weighted by Gasteiger charge is -2.26. The first-order chi connectivity index (χ1) is 9.54. The van der Waals surface area contributed by atoms with Gasteiger partial charge < -0.3 is 4.65 Å². The zero-order valence-electron chi connectivity index (χ0n) is 12.0. The highest BCUT2D eigenvalue weighted by molar-refractivity contribution is 14.1. The van der Waals surface area contributed by atoms with Gasteiger partial charge in [-0.2, -0.15) is 0 Å².